The number of hydrogen-bond acceptors (Lipinski definition) is 5. The van der Waals surface area contributed by atoms with Crippen LogP contribution in [0.1, 0.15) is 23.6 Å². The first-order valence-electron chi connectivity index (χ1n) is 9.66. The Morgan fingerprint density at radius 2 is 1.87 bits per heavy atom. The van der Waals surface area contributed by atoms with E-state index in [2.05, 4.69) is 5.32 Å². The topological polar surface area (TPSA) is 80.0 Å². The zero-order valence-corrected chi connectivity index (χ0v) is 17.6. The molecule has 0 aromatic heterocycles. The number of hydrazone groups is 1. The molecule has 3 aromatic rings. The summed E-state index contributed by atoms with van der Waals surface area (Å²) < 4.78 is 5.24. The van der Waals surface area contributed by atoms with Crippen molar-refractivity contribution in [1.82, 2.24) is 5.01 Å². The van der Waals surface area contributed by atoms with Crippen LogP contribution >= 0.6 is 12.2 Å². The zero-order chi connectivity index (χ0) is 21.8. The van der Waals surface area contributed by atoms with Crippen LogP contribution in [0.15, 0.2) is 84.0 Å². The van der Waals surface area contributed by atoms with Gasteiger partial charge in [0.25, 0.3) is 5.69 Å². The molecule has 1 atom stereocenters. The number of thiocarbonyl (C=S) groups is 1. The fourth-order valence-corrected chi connectivity index (χ4v) is 3.75. The third-order valence-corrected chi connectivity index (χ3v) is 5.32. The fourth-order valence-electron chi connectivity index (χ4n) is 3.46. The highest BCUT2D eigenvalue weighted by molar-refractivity contribution is 7.80. The molecule has 1 aliphatic heterocycles. The highest BCUT2D eigenvalue weighted by Gasteiger charge is 2.32. The summed E-state index contributed by atoms with van der Waals surface area (Å²) in [6.07, 6.45) is 0.560. The summed E-state index contributed by atoms with van der Waals surface area (Å²) in [5.74, 6) is 0.760. The SMILES string of the molecule is COc1ccc(C2=NN(C(=S)Nc3ccccc3)[C@H](c3cccc([N+](=O)[O-])c3)C2)cc1. The average molecular weight is 433 g/mol. The standard InChI is InChI=1S/C23H20N4O3S/c1-30-20-12-10-16(11-13-20)21-15-22(17-6-5-9-19(14-17)27(28)29)26(25-21)23(31)24-18-7-3-2-4-8-18/h2-14,22H,15H2,1H3,(H,24,31)/t22-/m0/s1. The van der Waals surface area contributed by atoms with E-state index in [9.17, 15) is 10.1 Å². The van der Waals surface area contributed by atoms with Crippen LogP contribution < -0.4 is 10.1 Å². The number of nitrogens with one attached hydrogen (secondary N) is 1. The first-order chi connectivity index (χ1) is 15.0. The van der Waals surface area contributed by atoms with E-state index in [0.29, 0.717) is 11.5 Å². The predicted octanol–water partition coefficient (Wildman–Crippen LogP) is 5.15. The maximum Gasteiger partial charge on any atom is 0.269 e. The van der Waals surface area contributed by atoms with Crippen molar-refractivity contribution in [3.8, 4) is 5.75 Å². The number of hydrogen-bond donors (Lipinski definition) is 1. The molecule has 0 radical (unpaired) electrons. The Morgan fingerprint density at radius 3 is 2.55 bits per heavy atom. The molecule has 4 rings (SSSR count). The van der Waals surface area contributed by atoms with Crippen molar-refractivity contribution in [3.05, 3.63) is 100 Å². The van der Waals surface area contributed by atoms with Gasteiger partial charge in [-0.25, -0.2) is 5.01 Å². The van der Waals surface area contributed by atoms with Crippen LogP contribution in [-0.4, -0.2) is 27.9 Å². The Labute approximate surface area is 185 Å². The Morgan fingerprint density at radius 1 is 1.13 bits per heavy atom. The summed E-state index contributed by atoms with van der Waals surface area (Å²) in [6, 6.07) is 23.6. The Kier molecular flexibility index (Phi) is 5.90. The van der Waals surface area contributed by atoms with Crippen LogP contribution in [0.5, 0.6) is 5.75 Å². The lowest BCUT2D eigenvalue weighted by Gasteiger charge is -2.24. The third-order valence-electron chi connectivity index (χ3n) is 5.03. The van der Waals surface area contributed by atoms with Gasteiger partial charge in [0.05, 0.1) is 23.8 Å². The number of methoxy groups -OCH3 is 1. The molecule has 156 valence electrons. The number of nitro groups is 1. The summed E-state index contributed by atoms with van der Waals surface area (Å²) >= 11 is 5.65. The highest BCUT2D eigenvalue weighted by Crippen LogP contribution is 2.35. The lowest BCUT2D eigenvalue weighted by Crippen LogP contribution is -2.31. The van der Waals surface area contributed by atoms with Crippen LogP contribution in [0.2, 0.25) is 0 Å². The van der Waals surface area contributed by atoms with E-state index in [1.54, 1.807) is 24.3 Å². The molecule has 0 amide bonds. The molecule has 0 fully saturated rings. The number of para-hydroxylation sites is 1. The first kappa shape index (κ1) is 20.5. The van der Waals surface area contributed by atoms with Gasteiger partial charge in [-0.05, 0) is 59.7 Å². The van der Waals surface area contributed by atoms with E-state index in [1.165, 1.54) is 6.07 Å². The number of nitrogens with zero attached hydrogens (tertiary/aromatic N) is 3. The lowest BCUT2D eigenvalue weighted by atomic mass is 9.98. The molecule has 0 bridgehead atoms. The minimum atomic E-state index is -0.394. The second kappa shape index (κ2) is 8.93. The highest BCUT2D eigenvalue weighted by atomic mass is 32.1. The normalized spacial score (nSPS) is 15.3. The van der Waals surface area contributed by atoms with Crippen molar-refractivity contribution in [3.63, 3.8) is 0 Å². The van der Waals surface area contributed by atoms with E-state index in [1.807, 2.05) is 60.7 Å². The summed E-state index contributed by atoms with van der Waals surface area (Å²) in [6.45, 7) is 0. The average Bonchev–Trinajstić information content (AvgIpc) is 3.26. The summed E-state index contributed by atoms with van der Waals surface area (Å²) in [4.78, 5) is 10.9. The van der Waals surface area contributed by atoms with Gasteiger partial charge >= 0.3 is 0 Å². The van der Waals surface area contributed by atoms with Crippen molar-refractivity contribution in [2.45, 2.75) is 12.5 Å². The van der Waals surface area contributed by atoms with Gasteiger partial charge in [-0.3, -0.25) is 10.1 Å². The summed E-state index contributed by atoms with van der Waals surface area (Å²) in [7, 11) is 1.62. The number of rotatable bonds is 5. The van der Waals surface area contributed by atoms with Gasteiger partial charge in [0.1, 0.15) is 5.75 Å². The molecule has 0 aliphatic carbocycles. The van der Waals surface area contributed by atoms with Gasteiger partial charge in [-0.15, -0.1) is 0 Å². The lowest BCUT2D eigenvalue weighted by molar-refractivity contribution is -0.384. The van der Waals surface area contributed by atoms with Crippen LogP contribution in [-0.2, 0) is 0 Å². The smallest absolute Gasteiger partial charge is 0.269 e. The minimum Gasteiger partial charge on any atom is -0.497 e. The molecule has 8 heteroatoms. The molecule has 31 heavy (non-hydrogen) atoms. The summed E-state index contributed by atoms with van der Waals surface area (Å²) in [5.41, 5.74) is 3.45. The molecule has 0 saturated heterocycles. The molecular weight excluding hydrogens is 412 g/mol. The van der Waals surface area contributed by atoms with Crippen molar-refractivity contribution in [1.29, 1.82) is 0 Å². The van der Waals surface area contributed by atoms with Crippen molar-refractivity contribution in [2.24, 2.45) is 5.10 Å². The number of non-ortho nitro benzene ring substituents is 1. The second-order valence-corrected chi connectivity index (χ2v) is 7.37. The Bertz CT molecular complexity index is 1130. The minimum absolute atomic E-state index is 0.0392. The van der Waals surface area contributed by atoms with Gasteiger partial charge < -0.3 is 10.1 Å². The molecular formula is C23H20N4O3S. The van der Waals surface area contributed by atoms with E-state index in [-0.39, 0.29) is 11.7 Å². The largest absolute Gasteiger partial charge is 0.497 e. The van der Waals surface area contributed by atoms with E-state index >= 15 is 0 Å². The number of nitro benzene ring substituents is 1. The van der Waals surface area contributed by atoms with Gasteiger partial charge in [-0.2, -0.15) is 5.10 Å². The Hall–Kier alpha value is -3.78. The molecule has 1 heterocycles. The molecule has 0 saturated carbocycles. The second-order valence-electron chi connectivity index (χ2n) is 6.99. The van der Waals surface area contributed by atoms with Crippen LogP contribution in [0.3, 0.4) is 0 Å². The van der Waals surface area contributed by atoms with Crippen molar-refractivity contribution >= 4 is 34.4 Å². The molecule has 0 spiro atoms. The maximum atomic E-state index is 11.3. The monoisotopic (exact) mass is 432 g/mol. The van der Waals surface area contributed by atoms with Crippen LogP contribution in [0.4, 0.5) is 11.4 Å². The number of benzene rings is 3. The first-order valence-corrected chi connectivity index (χ1v) is 10.1. The molecule has 7 nitrogen and oxygen atoms in total. The van der Waals surface area contributed by atoms with Gasteiger partial charge in [0.2, 0.25) is 0 Å². The predicted molar refractivity (Wildman–Crippen MR) is 124 cm³/mol. The molecule has 1 N–H and O–H groups in total. The van der Waals surface area contributed by atoms with Crippen molar-refractivity contribution in [2.75, 3.05) is 12.4 Å². The van der Waals surface area contributed by atoms with E-state index in [0.717, 1.165) is 28.3 Å². The third kappa shape index (κ3) is 4.54. The molecule has 3 aromatic carbocycles. The maximum absolute atomic E-state index is 11.3. The summed E-state index contributed by atoms with van der Waals surface area (Å²) in [5, 5.41) is 21.4. The van der Waals surface area contributed by atoms with Gasteiger partial charge in [0.15, 0.2) is 5.11 Å². The van der Waals surface area contributed by atoms with E-state index < -0.39 is 4.92 Å². The zero-order valence-electron chi connectivity index (χ0n) is 16.8. The molecule has 0 unspecified atom stereocenters. The van der Waals surface area contributed by atoms with Gasteiger partial charge in [-0.1, -0.05) is 30.3 Å². The molecule has 1 aliphatic rings. The Balaban J connectivity index is 1.67. The quantitative estimate of drug-likeness (QED) is 0.341. The van der Waals surface area contributed by atoms with Gasteiger partial charge in [0, 0.05) is 24.2 Å². The fraction of sp³-hybridized carbons (Fsp3) is 0.130. The number of anilines is 1. The van der Waals surface area contributed by atoms with Crippen LogP contribution in [0.25, 0.3) is 0 Å². The van der Waals surface area contributed by atoms with Crippen molar-refractivity contribution < 1.29 is 9.66 Å². The van der Waals surface area contributed by atoms with E-state index in [4.69, 9.17) is 22.1 Å². The number of ether oxygens (including phenoxy) is 1. The van der Waals surface area contributed by atoms with Crippen LogP contribution in [0, 0.1) is 10.1 Å².